The Hall–Kier alpha value is -2.92. The predicted octanol–water partition coefficient (Wildman–Crippen LogP) is 3.87. The van der Waals surface area contributed by atoms with Crippen molar-refractivity contribution in [1.29, 1.82) is 0 Å². The lowest BCUT2D eigenvalue weighted by atomic mass is 9.94. The third-order valence-electron chi connectivity index (χ3n) is 5.61. The van der Waals surface area contributed by atoms with Crippen LogP contribution in [0.25, 0.3) is 11.1 Å². The molecule has 1 N–H and O–H groups in total. The molecule has 1 amide bonds. The summed E-state index contributed by atoms with van der Waals surface area (Å²) in [6.45, 7) is 4.11. The molecule has 1 fully saturated rings. The second-order valence-electron chi connectivity index (χ2n) is 7.76. The van der Waals surface area contributed by atoms with Gasteiger partial charge in [0.25, 0.3) is 5.91 Å². The van der Waals surface area contributed by atoms with Gasteiger partial charge in [-0.05, 0) is 49.1 Å². The number of aliphatic hydroxyl groups is 1. The number of amides is 1. The number of carbonyl (C=O) groups is 1. The highest BCUT2D eigenvalue weighted by molar-refractivity contribution is 5.95. The van der Waals surface area contributed by atoms with Crippen molar-refractivity contribution in [3.63, 3.8) is 0 Å². The summed E-state index contributed by atoms with van der Waals surface area (Å²) in [5.74, 6) is 0.325. The van der Waals surface area contributed by atoms with Crippen molar-refractivity contribution >= 4 is 5.91 Å². The van der Waals surface area contributed by atoms with Gasteiger partial charge in [0.1, 0.15) is 0 Å². The van der Waals surface area contributed by atoms with Gasteiger partial charge >= 0.3 is 0 Å². The quantitative estimate of drug-likeness (QED) is 0.721. The minimum absolute atomic E-state index is 0.0771. The van der Waals surface area contributed by atoms with E-state index in [1.807, 2.05) is 41.4 Å². The van der Waals surface area contributed by atoms with E-state index in [9.17, 15) is 4.79 Å². The van der Waals surface area contributed by atoms with Crippen molar-refractivity contribution in [3.05, 3.63) is 77.6 Å². The van der Waals surface area contributed by atoms with Crippen LogP contribution in [0.1, 0.15) is 40.4 Å². The Kier molecular flexibility index (Phi) is 5.76. The largest absolute Gasteiger partial charge is 0.394 e. The monoisotopic (exact) mass is 389 g/mol. The van der Waals surface area contributed by atoms with Gasteiger partial charge in [-0.2, -0.15) is 5.10 Å². The number of aliphatic hydroxyl groups excluding tert-OH is 1. The van der Waals surface area contributed by atoms with Crippen LogP contribution >= 0.6 is 0 Å². The maximum absolute atomic E-state index is 13.2. The van der Waals surface area contributed by atoms with Crippen LogP contribution in [-0.2, 0) is 6.54 Å². The lowest BCUT2D eigenvalue weighted by Gasteiger charge is -2.32. The molecule has 2 heterocycles. The van der Waals surface area contributed by atoms with E-state index in [1.165, 1.54) is 5.56 Å². The summed E-state index contributed by atoms with van der Waals surface area (Å²) in [7, 11) is 0. The van der Waals surface area contributed by atoms with E-state index < -0.39 is 0 Å². The fourth-order valence-electron chi connectivity index (χ4n) is 3.99. The van der Waals surface area contributed by atoms with Crippen molar-refractivity contribution in [3.8, 4) is 11.1 Å². The van der Waals surface area contributed by atoms with Crippen LogP contribution in [0.4, 0.5) is 0 Å². The summed E-state index contributed by atoms with van der Waals surface area (Å²) in [6, 6.07) is 18.3. The molecule has 0 spiro atoms. The molecule has 1 saturated heterocycles. The Bertz CT molecular complexity index is 978. The Morgan fingerprint density at radius 3 is 2.76 bits per heavy atom. The van der Waals surface area contributed by atoms with E-state index in [4.69, 9.17) is 5.11 Å². The highest BCUT2D eigenvalue weighted by Crippen LogP contribution is 2.28. The van der Waals surface area contributed by atoms with Gasteiger partial charge in [-0.3, -0.25) is 9.48 Å². The number of benzene rings is 2. The first kappa shape index (κ1) is 19.4. The molecule has 5 heteroatoms. The van der Waals surface area contributed by atoms with Gasteiger partial charge in [-0.15, -0.1) is 0 Å². The van der Waals surface area contributed by atoms with Gasteiger partial charge in [-0.25, -0.2) is 0 Å². The number of hydrogen-bond donors (Lipinski definition) is 1. The summed E-state index contributed by atoms with van der Waals surface area (Å²) in [5.41, 5.74) is 5.14. The van der Waals surface area contributed by atoms with Gasteiger partial charge in [0, 0.05) is 30.8 Å². The van der Waals surface area contributed by atoms with E-state index in [-0.39, 0.29) is 18.4 Å². The van der Waals surface area contributed by atoms with E-state index in [1.54, 1.807) is 4.68 Å². The van der Waals surface area contributed by atoms with Crippen LogP contribution < -0.4 is 0 Å². The molecule has 29 heavy (non-hydrogen) atoms. The molecule has 4 rings (SSSR count). The molecule has 1 atom stereocenters. The number of nitrogens with zero attached hydrogens (tertiary/aromatic N) is 3. The smallest absolute Gasteiger partial charge is 0.253 e. The first-order valence-corrected chi connectivity index (χ1v) is 10.2. The standard InChI is InChI=1S/C24H27N3O2/c1-18-7-9-19(10-8-18)20-4-2-5-21(16-20)24(29)26-12-3-6-22(17-26)23-11-13-27(25-23)14-15-28/h2,4-5,7-11,13,16,22,28H,3,6,12,14-15,17H2,1H3/t22-/m0/s1. The fraction of sp³-hybridized carbons (Fsp3) is 0.333. The van der Waals surface area contributed by atoms with Crippen molar-refractivity contribution in [2.45, 2.75) is 32.2 Å². The second-order valence-corrected chi connectivity index (χ2v) is 7.76. The lowest BCUT2D eigenvalue weighted by Crippen LogP contribution is -2.39. The van der Waals surface area contributed by atoms with Crippen LogP contribution in [-0.4, -0.2) is 45.4 Å². The summed E-state index contributed by atoms with van der Waals surface area (Å²) in [5, 5.41) is 13.7. The van der Waals surface area contributed by atoms with Gasteiger partial charge < -0.3 is 10.0 Å². The van der Waals surface area contributed by atoms with Crippen molar-refractivity contribution in [2.24, 2.45) is 0 Å². The van der Waals surface area contributed by atoms with E-state index >= 15 is 0 Å². The number of hydrogen-bond acceptors (Lipinski definition) is 3. The average molecular weight is 389 g/mol. The molecule has 1 aromatic heterocycles. The summed E-state index contributed by atoms with van der Waals surface area (Å²) >= 11 is 0. The third kappa shape index (κ3) is 4.40. The van der Waals surface area contributed by atoms with Crippen molar-refractivity contribution < 1.29 is 9.90 Å². The Morgan fingerprint density at radius 2 is 1.97 bits per heavy atom. The Morgan fingerprint density at radius 1 is 1.14 bits per heavy atom. The number of carbonyl (C=O) groups excluding carboxylic acids is 1. The zero-order chi connectivity index (χ0) is 20.2. The molecule has 0 aliphatic carbocycles. The maximum atomic E-state index is 13.2. The maximum Gasteiger partial charge on any atom is 0.253 e. The van der Waals surface area contributed by atoms with E-state index in [0.29, 0.717) is 13.1 Å². The van der Waals surface area contributed by atoms with Crippen LogP contribution in [0.2, 0.25) is 0 Å². The molecule has 3 aromatic rings. The Labute approximate surface area is 171 Å². The molecule has 0 radical (unpaired) electrons. The average Bonchev–Trinajstić information content (AvgIpc) is 3.23. The minimum Gasteiger partial charge on any atom is -0.394 e. The summed E-state index contributed by atoms with van der Waals surface area (Å²) < 4.78 is 1.77. The Balaban J connectivity index is 1.50. The van der Waals surface area contributed by atoms with Gasteiger partial charge in [0.2, 0.25) is 0 Å². The molecule has 1 aliphatic rings. The van der Waals surface area contributed by atoms with Crippen molar-refractivity contribution in [1.82, 2.24) is 14.7 Å². The number of rotatable bonds is 5. The van der Waals surface area contributed by atoms with Crippen LogP contribution in [0, 0.1) is 6.92 Å². The zero-order valence-corrected chi connectivity index (χ0v) is 16.8. The SMILES string of the molecule is Cc1ccc(-c2cccc(C(=O)N3CCC[C@H](c4ccn(CCO)n4)C3)c2)cc1. The third-order valence-corrected chi connectivity index (χ3v) is 5.61. The highest BCUT2D eigenvalue weighted by Gasteiger charge is 2.27. The molecule has 0 unspecified atom stereocenters. The molecule has 1 aliphatic heterocycles. The first-order valence-electron chi connectivity index (χ1n) is 10.2. The van der Waals surface area contributed by atoms with Gasteiger partial charge in [0.05, 0.1) is 18.8 Å². The highest BCUT2D eigenvalue weighted by atomic mass is 16.3. The molecule has 0 saturated carbocycles. The predicted molar refractivity (Wildman–Crippen MR) is 114 cm³/mol. The fourth-order valence-corrected chi connectivity index (χ4v) is 3.99. The number of aromatic nitrogens is 2. The topological polar surface area (TPSA) is 58.4 Å². The number of aryl methyl sites for hydroxylation is 1. The van der Waals surface area contributed by atoms with Crippen LogP contribution in [0.15, 0.2) is 60.8 Å². The number of likely N-dealkylation sites (tertiary alicyclic amines) is 1. The second kappa shape index (κ2) is 8.62. The normalized spacial score (nSPS) is 16.8. The summed E-state index contributed by atoms with van der Waals surface area (Å²) in [4.78, 5) is 15.1. The van der Waals surface area contributed by atoms with Gasteiger partial charge in [-0.1, -0.05) is 42.0 Å². The molecular formula is C24H27N3O2. The summed E-state index contributed by atoms with van der Waals surface area (Å²) in [6.07, 6.45) is 3.90. The molecular weight excluding hydrogens is 362 g/mol. The first-order chi connectivity index (χ1) is 14.1. The van der Waals surface area contributed by atoms with E-state index in [0.717, 1.165) is 41.8 Å². The van der Waals surface area contributed by atoms with E-state index in [2.05, 4.69) is 36.3 Å². The molecule has 5 nitrogen and oxygen atoms in total. The molecule has 150 valence electrons. The zero-order valence-electron chi connectivity index (χ0n) is 16.8. The molecule has 0 bridgehead atoms. The molecule has 2 aromatic carbocycles. The van der Waals surface area contributed by atoms with Crippen LogP contribution in [0.5, 0.6) is 0 Å². The lowest BCUT2D eigenvalue weighted by molar-refractivity contribution is 0.0705. The van der Waals surface area contributed by atoms with Crippen LogP contribution in [0.3, 0.4) is 0 Å². The minimum atomic E-state index is 0.0771. The number of piperidine rings is 1. The van der Waals surface area contributed by atoms with Gasteiger partial charge in [0.15, 0.2) is 0 Å². The van der Waals surface area contributed by atoms with Crippen molar-refractivity contribution in [2.75, 3.05) is 19.7 Å².